The summed E-state index contributed by atoms with van der Waals surface area (Å²) in [6.07, 6.45) is 2.38. The van der Waals surface area contributed by atoms with Crippen LogP contribution in [0.2, 0.25) is 5.02 Å². The van der Waals surface area contributed by atoms with E-state index in [0.29, 0.717) is 23.7 Å². The second-order valence-electron chi connectivity index (χ2n) is 5.55. The third-order valence-electron chi connectivity index (χ3n) is 3.98. The van der Waals surface area contributed by atoms with Crippen LogP contribution in [0.5, 0.6) is 0 Å². The topological polar surface area (TPSA) is 62.7 Å². The number of hydrogen-bond acceptors (Lipinski definition) is 4. The number of benzene rings is 1. The summed E-state index contributed by atoms with van der Waals surface area (Å²) in [5.74, 6) is -0.152. The molecule has 0 bridgehead atoms. The fraction of sp³-hybridized carbons (Fsp3) is 0.467. The molecule has 0 radical (unpaired) electrons. The summed E-state index contributed by atoms with van der Waals surface area (Å²) >= 11 is 5.83. The Balaban J connectivity index is 0.00000176. The number of halogens is 2. The number of carbonyl (C=O) groups excluding carboxylic acids is 1. The fourth-order valence-corrected chi connectivity index (χ4v) is 2.81. The summed E-state index contributed by atoms with van der Waals surface area (Å²) in [7, 11) is 0. The summed E-state index contributed by atoms with van der Waals surface area (Å²) in [5, 5.41) is 10.8. The van der Waals surface area contributed by atoms with Crippen molar-refractivity contribution >= 4 is 35.6 Å². The van der Waals surface area contributed by atoms with Gasteiger partial charge in [-0.3, -0.25) is 4.79 Å². The largest absolute Gasteiger partial charge is 0.388 e. The van der Waals surface area contributed by atoms with Crippen LogP contribution < -0.4 is 10.6 Å². The molecule has 2 N–H and O–H groups in total. The standard InChI is InChI=1S/C15H18ClN3O2.ClH/c16-12-3-1-11(2-4-12)10-18-14(20)13-9-15(21-19-13)5-7-17-8-6-15;/h1-4,17H,5-10H2,(H,18,20);1H. The van der Waals surface area contributed by atoms with Gasteiger partial charge in [-0.05, 0) is 30.8 Å². The third kappa shape index (κ3) is 3.91. The molecule has 0 aromatic heterocycles. The Morgan fingerprint density at radius 1 is 1.32 bits per heavy atom. The van der Waals surface area contributed by atoms with Crippen molar-refractivity contribution in [1.82, 2.24) is 10.6 Å². The van der Waals surface area contributed by atoms with Crippen molar-refractivity contribution in [3.05, 3.63) is 34.9 Å². The fourth-order valence-electron chi connectivity index (χ4n) is 2.68. The van der Waals surface area contributed by atoms with Crippen molar-refractivity contribution in [3.8, 4) is 0 Å². The van der Waals surface area contributed by atoms with Crippen molar-refractivity contribution in [2.75, 3.05) is 13.1 Å². The molecule has 120 valence electrons. The molecule has 2 aliphatic heterocycles. The molecular weight excluding hydrogens is 325 g/mol. The Labute approximate surface area is 140 Å². The van der Waals surface area contributed by atoms with Crippen LogP contribution in [0.15, 0.2) is 29.4 Å². The van der Waals surface area contributed by atoms with Gasteiger partial charge >= 0.3 is 0 Å². The van der Waals surface area contributed by atoms with Crippen molar-refractivity contribution in [3.63, 3.8) is 0 Å². The Morgan fingerprint density at radius 3 is 2.68 bits per heavy atom. The first-order chi connectivity index (χ1) is 10.2. The van der Waals surface area contributed by atoms with Crippen LogP contribution in [0.1, 0.15) is 24.8 Å². The predicted octanol–water partition coefficient (Wildman–Crippen LogP) is 2.28. The molecule has 0 aliphatic carbocycles. The second kappa shape index (κ2) is 7.31. The molecular formula is C15H19Cl2N3O2. The van der Waals surface area contributed by atoms with Crippen molar-refractivity contribution in [1.29, 1.82) is 0 Å². The highest BCUT2D eigenvalue weighted by atomic mass is 35.5. The monoisotopic (exact) mass is 343 g/mol. The molecule has 5 nitrogen and oxygen atoms in total. The molecule has 1 aromatic carbocycles. The highest BCUT2D eigenvalue weighted by molar-refractivity contribution is 6.39. The van der Waals surface area contributed by atoms with E-state index in [1.807, 2.05) is 24.3 Å². The smallest absolute Gasteiger partial charge is 0.269 e. The number of oxime groups is 1. The minimum atomic E-state index is -0.266. The molecule has 2 aliphatic rings. The summed E-state index contributed by atoms with van der Waals surface area (Å²) in [4.78, 5) is 17.7. The zero-order chi connectivity index (χ0) is 14.7. The van der Waals surface area contributed by atoms with Gasteiger partial charge in [0.05, 0.1) is 0 Å². The Kier molecular flexibility index (Phi) is 5.67. The first-order valence-electron chi connectivity index (χ1n) is 7.15. The second-order valence-corrected chi connectivity index (χ2v) is 5.98. The number of hydrogen-bond donors (Lipinski definition) is 2. The molecule has 22 heavy (non-hydrogen) atoms. The van der Waals surface area contributed by atoms with Gasteiger partial charge in [0.15, 0.2) is 0 Å². The summed E-state index contributed by atoms with van der Waals surface area (Å²) in [6, 6.07) is 7.40. The minimum Gasteiger partial charge on any atom is -0.388 e. The van der Waals surface area contributed by atoms with E-state index in [1.165, 1.54) is 0 Å². The van der Waals surface area contributed by atoms with E-state index >= 15 is 0 Å². The number of rotatable bonds is 3. The maximum atomic E-state index is 12.1. The average molecular weight is 344 g/mol. The number of carbonyl (C=O) groups is 1. The van der Waals surface area contributed by atoms with Crippen LogP contribution in [0.3, 0.4) is 0 Å². The molecule has 1 spiro atoms. The quantitative estimate of drug-likeness (QED) is 0.884. The molecule has 1 aromatic rings. The maximum Gasteiger partial charge on any atom is 0.269 e. The molecule has 2 heterocycles. The first-order valence-corrected chi connectivity index (χ1v) is 7.53. The van der Waals surface area contributed by atoms with Gasteiger partial charge < -0.3 is 15.5 Å². The Hall–Kier alpha value is -1.30. The van der Waals surface area contributed by atoms with Gasteiger partial charge in [-0.15, -0.1) is 12.4 Å². The van der Waals surface area contributed by atoms with Crippen molar-refractivity contribution < 1.29 is 9.63 Å². The normalized spacial score (nSPS) is 19.0. The van der Waals surface area contributed by atoms with Crippen LogP contribution in [-0.2, 0) is 16.2 Å². The Morgan fingerprint density at radius 2 is 2.00 bits per heavy atom. The third-order valence-corrected chi connectivity index (χ3v) is 4.23. The van der Waals surface area contributed by atoms with Gasteiger partial charge in [0.2, 0.25) is 0 Å². The molecule has 1 saturated heterocycles. The predicted molar refractivity (Wildman–Crippen MR) is 88.5 cm³/mol. The Bertz CT molecular complexity index is 554. The van der Waals surface area contributed by atoms with E-state index in [0.717, 1.165) is 31.5 Å². The van der Waals surface area contributed by atoms with Crippen molar-refractivity contribution in [2.45, 2.75) is 31.4 Å². The SMILES string of the molecule is Cl.O=C(NCc1ccc(Cl)cc1)C1=NOC2(CCNCC2)C1. The van der Waals surface area contributed by atoms with Gasteiger partial charge in [-0.25, -0.2) is 0 Å². The van der Waals surface area contributed by atoms with Crippen molar-refractivity contribution in [2.24, 2.45) is 5.16 Å². The number of nitrogens with zero attached hydrogens (tertiary/aromatic N) is 1. The van der Waals surface area contributed by atoms with Gasteiger partial charge in [0.1, 0.15) is 11.3 Å². The zero-order valence-corrected chi connectivity index (χ0v) is 13.7. The minimum absolute atomic E-state index is 0. The lowest BCUT2D eigenvalue weighted by atomic mass is 9.87. The molecule has 0 saturated carbocycles. The van der Waals surface area contributed by atoms with Gasteiger partial charge in [-0.2, -0.15) is 0 Å². The molecule has 7 heteroatoms. The van der Waals surface area contributed by atoms with Gasteiger partial charge in [0, 0.05) is 30.8 Å². The van der Waals surface area contributed by atoms with Crippen LogP contribution in [0.25, 0.3) is 0 Å². The summed E-state index contributed by atoms with van der Waals surface area (Å²) < 4.78 is 0. The summed E-state index contributed by atoms with van der Waals surface area (Å²) in [5.41, 5.74) is 1.23. The first kappa shape index (κ1) is 17.1. The van der Waals surface area contributed by atoms with E-state index in [9.17, 15) is 4.79 Å². The maximum absolute atomic E-state index is 12.1. The van der Waals surface area contributed by atoms with Crippen LogP contribution in [0, 0.1) is 0 Å². The zero-order valence-electron chi connectivity index (χ0n) is 12.1. The van der Waals surface area contributed by atoms with Gasteiger partial charge in [0.25, 0.3) is 5.91 Å². The molecule has 1 fully saturated rings. The lowest BCUT2D eigenvalue weighted by Gasteiger charge is -2.30. The van der Waals surface area contributed by atoms with Crippen LogP contribution >= 0.6 is 24.0 Å². The number of amides is 1. The van der Waals surface area contributed by atoms with E-state index in [1.54, 1.807) is 0 Å². The summed E-state index contributed by atoms with van der Waals surface area (Å²) in [6.45, 7) is 2.29. The molecule has 0 atom stereocenters. The average Bonchev–Trinajstić information content (AvgIpc) is 2.91. The highest BCUT2D eigenvalue weighted by Gasteiger charge is 2.41. The number of piperidine rings is 1. The van der Waals surface area contributed by atoms with Gasteiger partial charge in [-0.1, -0.05) is 28.9 Å². The van der Waals surface area contributed by atoms with Crippen LogP contribution in [-0.4, -0.2) is 30.3 Å². The molecule has 0 unspecified atom stereocenters. The highest BCUT2D eigenvalue weighted by Crippen LogP contribution is 2.32. The van der Waals surface area contributed by atoms with Crippen LogP contribution in [0.4, 0.5) is 0 Å². The molecule has 1 amide bonds. The lowest BCUT2D eigenvalue weighted by Crippen LogP contribution is -2.43. The van der Waals surface area contributed by atoms with E-state index in [2.05, 4.69) is 15.8 Å². The van der Waals surface area contributed by atoms with E-state index in [-0.39, 0.29) is 23.9 Å². The lowest BCUT2D eigenvalue weighted by molar-refractivity contribution is -0.115. The molecule has 3 rings (SSSR count). The number of nitrogens with one attached hydrogen (secondary N) is 2. The van der Waals surface area contributed by atoms with E-state index in [4.69, 9.17) is 16.4 Å². The van der Waals surface area contributed by atoms with E-state index < -0.39 is 0 Å².